The molecular weight excluding hydrogens is 128 g/mol. The summed E-state index contributed by atoms with van der Waals surface area (Å²) in [6, 6.07) is 0. The van der Waals surface area contributed by atoms with Crippen molar-refractivity contribution in [2.24, 2.45) is 5.92 Å². The Morgan fingerprint density at radius 3 is 2.78 bits per heavy atom. The summed E-state index contributed by atoms with van der Waals surface area (Å²) in [6.45, 7) is 4.66. The first kappa shape index (κ1) is 7.46. The van der Waals surface area contributed by atoms with E-state index in [0.717, 1.165) is 11.2 Å². The first-order valence-corrected chi connectivity index (χ1v) is 5.01. The van der Waals surface area contributed by atoms with Crippen LogP contribution < -0.4 is 0 Å². The first-order valence-electron chi connectivity index (χ1n) is 3.96. The van der Waals surface area contributed by atoms with Gasteiger partial charge in [0, 0.05) is 11.0 Å². The Kier molecular flexibility index (Phi) is 2.90. The van der Waals surface area contributed by atoms with Crippen LogP contribution in [-0.4, -0.2) is 11.0 Å². The summed E-state index contributed by atoms with van der Waals surface area (Å²) < 4.78 is 0. The summed E-state index contributed by atoms with van der Waals surface area (Å²) in [4.78, 5) is 0. The van der Waals surface area contributed by atoms with Crippen molar-refractivity contribution in [2.75, 3.05) is 5.75 Å². The van der Waals surface area contributed by atoms with Crippen LogP contribution in [0.2, 0.25) is 0 Å². The lowest BCUT2D eigenvalue weighted by atomic mass is 10.0. The monoisotopic (exact) mass is 144 g/mol. The van der Waals surface area contributed by atoms with Crippen molar-refractivity contribution in [3.63, 3.8) is 0 Å². The molecule has 1 rings (SSSR count). The van der Waals surface area contributed by atoms with Gasteiger partial charge in [-0.3, -0.25) is 0 Å². The molecule has 0 bridgehead atoms. The van der Waals surface area contributed by atoms with Gasteiger partial charge in [-0.05, 0) is 12.3 Å². The molecule has 1 fully saturated rings. The SMILES string of the molecule is CCCCC(C)C1CS1. The van der Waals surface area contributed by atoms with Gasteiger partial charge in [0.1, 0.15) is 0 Å². The average Bonchev–Trinajstić information content (AvgIpc) is 2.63. The molecule has 0 aliphatic carbocycles. The van der Waals surface area contributed by atoms with E-state index in [1.54, 1.807) is 0 Å². The van der Waals surface area contributed by atoms with Crippen LogP contribution in [0.25, 0.3) is 0 Å². The van der Waals surface area contributed by atoms with Crippen molar-refractivity contribution in [1.29, 1.82) is 0 Å². The summed E-state index contributed by atoms with van der Waals surface area (Å²) in [6.07, 6.45) is 4.24. The molecule has 0 spiro atoms. The van der Waals surface area contributed by atoms with E-state index in [0.29, 0.717) is 0 Å². The molecule has 9 heavy (non-hydrogen) atoms. The molecule has 2 atom stereocenters. The fourth-order valence-corrected chi connectivity index (χ4v) is 2.00. The maximum absolute atomic E-state index is 2.39. The molecule has 0 nitrogen and oxygen atoms in total. The molecule has 0 N–H and O–H groups in total. The standard InChI is InChI=1S/C8H16S/c1-3-4-5-7(2)8-6-9-8/h7-8H,3-6H2,1-2H3. The topological polar surface area (TPSA) is 0 Å². The lowest BCUT2D eigenvalue weighted by Crippen LogP contribution is -2.00. The van der Waals surface area contributed by atoms with E-state index in [1.165, 1.54) is 25.0 Å². The summed E-state index contributed by atoms with van der Waals surface area (Å²) in [5.74, 6) is 2.43. The third kappa shape index (κ3) is 2.61. The van der Waals surface area contributed by atoms with E-state index in [4.69, 9.17) is 0 Å². The molecule has 0 aromatic heterocycles. The zero-order valence-electron chi connectivity index (χ0n) is 6.39. The Bertz CT molecular complexity index is 76.6. The van der Waals surface area contributed by atoms with Crippen molar-refractivity contribution in [3.8, 4) is 0 Å². The van der Waals surface area contributed by atoms with E-state index in [1.807, 2.05) is 0 Å². The zero-order chi connectivity index (χ0) is 6.69. The van der Waals surface area contributed by atoms with E-state index >= 15 is 0 Å². The highest BCUT2D eigenvalue weighted by Crippen LogP contribution is 2.38. The van der Waals surface area contributed by atoms with Crippen molar-refractivity contribution < 1.29 is 0 Å². The van der Waals surface area contributed by atoms with Crippen molar-refractivity contribution in [1.82, 2.24) is 0 Å². The molecular formula is C8H16S. The van der Waals surface area contributed by atoms with Crippen LogP contribution >= 0.6 is 11.8 Å². The zero-order valence-corrected chi connectivity index (χ0v) is 7.21. The van der Waals surface area contributed by atoms with Crippen LogP contribution in [0.4, 0.5) is 0 Å². The Balaban J connectivity index is 1.96. The number of thioether (sulfide) groups is 1. The molecule has 1 heteroatoms. The van der Waals surface area contributed by atoms with Crippen LogP contribution in [0.1, 0.15) is 33.1 Å². The first-order chi connectivity index (χ1) is 4.34. The Morgan fingerprint density at radius 1 is 1.67 bits per heavy atom. The third-order valence-electron chi connectivity index (χ3n) is 2.01. The van der Waals surface area contributed by atoms with Crippen molar-refractivity contribution in [2.45, 2.75) is 38.4 Å². The highest BCUT2D eigenvalue weighted by atomic mass is 32.2. The second kappa shape index (κ2) is 3.50. The predicted molar refractivity (Wildman–Crippen MR) is 44.9 cm³/mol. The summed E-state index contributed by atoms with van der Waals surface area (Å²) in [5, 5.41) is 1.04. The van der Waals surface area contributed by atoms with E-state index < -0.39 is 0 Å². The van der Waals surface area contributed by atoms with Crippen LogP contribution in [0, 0.1) is 5.92 Å². The number of rotatable bonds is 4. The van der Waals surface area contributed by atoms with E-state index in [9.17, 15) is 0 Å². The molecule has 1 heterocycles. The maximum atomic E-state index is 2.39. The Labute approximate surface area is 62.4 Å². The quantitative estimate of drug-likeness (QED) is 0.547. The van der Waals surface area contributed by atoms with Gasteiger partial charge < -0.3 is 0 Å². The van der Waals surface area contributed by atoms with Gasteiger partial charge in [-0.25, -0.2) is 0 Å². The minimum atomic E-state index is 0.995. The molecule has 0 amide bonds. The minimum Gasteiger partial charge on any atom is -0.156 e. The fourth-order valence-electron chi connectivity index (χ4n) is 1.10. The van der Waals surface area contributed by atoms with Crippen LogP contribution in [0.3, 0.4) is 0 Å². The van der Waals surface area contributed by atoms with Crippen LogP contribution in [-0.2, 0) is 0 Å². The minimum absolute atomic E-state index is 0.995. The van der Waals surface area contributed by atoms with E-state index in [2.05, 4.69) is 25.6 Å². The molecule has 0 saturated carbocycles. The molecule has 2 unspecified atom stereocenters. The van der Waals surface area contributed by atoms with E-state index in [-0.39, 0.29) is 0 Å². The smallest absolute Gasteiger partial charge is 0.0164 e. The third-order valence-corrected chi connectivity index (χ3v) is 3.19. The van der Waals surface area contributed by atoms with Gasteiger partial charge in [-0.1, -0.05) is 26.7 Å². The summed E-state index contributed by atoms with van der Waals surface area (Å²) >= 11 is 2.13. The number of hydrogen-bond acceptors (Lipinski definition) is 1. The van der Waals surface area contributed by atoms with Gasteiger partial charge in [-0.2, -0.15) is 11.8 Å². The second-order valence-electron chi connectivity index (χ2n) is 2.99. The van der Waals surface area contributed by atoms with Crippen LogP contribution in [0.15, 0.2) is 0 Å². The fraction of sp³-hybridized carbons (Fsp3) is 1.00. The van der Waals surface area contributed by atoms with Crippen molar-refractivity contribution >= 4 is 11.8 Å². The number of hydrogen-bond donors (Lipinski definition) is 0. The number of unbranched alkanes of at least 4 members (excludes halogenated alkanes) is 1. The van der Waals surface area contributed by atoms with Crippen LogP contribution in [0.5, 0.6) is 0 Å². The van der Waals surface area contributed by atoms with Gasteiger partial charge in [0.2, 0.25) is 0 Å². The Hall–Kier alpha value is 0.350. The highest BCUT2D eigenvalue weighted by molar-refractivity contribution is 8.06. The molecule has 54 valence electrons. The van der Waals surface area contributed by atoms with Gasteiger partial charge in [0.15, 0.2) is 0 Å². The largest absolute Gasteiger partial charge is 0.156 e. The highest BCUT2D eigenvalue weighted by Gasteiger charge is 2.27. The molecule has 1 aliphatic rings. The molecule has 0 aromatic rings. The lowest BCUT2D eigenvalue weighted by molar-refractivity contribution is 0.523. The molecule has 1 saturated heterocycles. The molecule has 0 aromatic carbocycles. The molecule has 1 aliphatic heterocycles. The normalized spacial score (nSPS) is 28.0. The van der Waals surface area contributed by atoms with Gasteiger partial charge >= 0.3 is 0 Å². The summed E-state index contributed by atoms with van der Waals surface area (Å²) in [5.41, 5.74) is 0. The van der Waals surface area contributed by atoms with Crippen molar-refractivity contribution in [3.05, 3.63) is 0 Å². The predicted octanol–water partition coefficient (Wildman–Crippen LogP) is 2.93. The second-order valence-corrected chi connectivity index (χ2v) is 4.26. The van der Waals surface area contributed by atoms with Gasteiger partial charge in [-0.15, -0.1) is 0 Å². The lowest BCUT2D eigenvalue weighted by Gasteiger charge is -2.05. The average molecular weight is 144 g/mol. The molecule has 0 radical (unpaired) electrons. The Morgan fingerprint density at radius 2 is 2.33 bits per heavy atom. The van der Waals surface area contributed by atoms with Gasteiger partial charge in [0.25, 0.3) is 0 Å². The van der Waals surface area contributed by atoms with Gasteiger partial charge in [0.05, 0.1) is 0 Å². The maximum Gasteiger partial charge on any atom is 0.0164 e. The summed E-state index contributed by atoms with van der Waals surface area (Å²) in [7, 11) is 0.